The maximum Gasteiger partial charge on any atom is 0.249 e. The zero-order chi connectivity index (χ0) is 12.4. The van der Waals surface area contributed by atoms with E-state index in [4.69, 9.17) is 0 Å². The maximum absolute atomic E-state index is 11.5. The number of carbonyl (C=O) groups excluding carboxylic acids is 3. The predicted octanol–water partition coefficient (Wildman–Crippen LogP) is -0.255. The van der Waals surface area contributed by atoms with E-state index in [1.807, 2.05) is 0 Å². The van der Waals surface area contributed by atoms with Crippen molar-refractivity contribution in [3.05, 3.63) is 23.9 Å². The number of imide groups is 1. The molecule has 0 aromatic carbocycles. The number of amides is 2. The summed E-state index contributed by atoms with van der Waals surface area (Å²) in [5.41, 5.74) is 0.363. The van der Waals surface area contributed by atoms with Crippen molar-refractivity contribution in [3.63, 3.8) is 0 Å². The molecule has 0 spiro atoms. The molecule has 88 valence electrons. The number of rotatable bonds is 2. The first kappa shape index (κ1) is 11.3. The molecular weight excluding hydrogens is 222 g/mol. The van der Waals surface area contributed by atoms with E-state index in [1.54, 1.807) is 19.1 Å². The number of nitrogens with one attached hydrogen (secondary N) is 1. The average molecular weight is 233 g/mol. The summed E-state index contributed by atoms with van der Waals surface area (Å²) >= 11 is 0. The third kappa shape index (κ3) is 2.01. The Labute approximate surface area is 97.6 Å². The molecule has 2 amide bonds. The highest BCUT2D eigenvalue weighted by molar-refractivity contribution is 6.04. The summed E-state index contributed by atoms with van der Waals surface area (Å²) in [6, 6.07) is 2.70. The monoisotopic (exact) mass is 233 g/mol. The van der Waals surface area contributed by atoms with Crippen LogP contribution >= 0.6 is 0 Å². The predicted molar refractivity (Wildman–Crippen MR) is 59.6 cm³/mol. The number of pyridine rings is 1. The molecule has 0 aliphatic carbocycles. The number of hydrogen-bond donors (Lipinski definition) is 1. The fraction of sp³-hybridized carbons (Fsp3) is 0.273. The third-order valence-electron chi connectivity index (χ3n) is 2.64. The summed E-state index contributed by atoms with van der Waals surface area (Å²) in [6.45, 7) is 1.68. The van der Waals surface area contributed by atoms with Gasteiger partial charge in [0.05, 0.1) is 12.1 Å². The van der Waals surface area contributed by atoms with Crippen LogP contribution in [-0.2, 0) is 9.59 Å². The molecule has 1 aromatic heterocycles. The summed E-state index contributed by atoms with van der Waals surface area (Å²) in [7, 11) is 0. The summed E-state index contributed by atoms with van der Waals surface area (Å²) < 4.78 is 0. The van der Waals surface area contributed by atoms with E-state index in [2.05, 4.69) is 10.3 Å². The number of anilines is 1. The van der Waals surface area contributed by atoms with Crippen molar-refractivity contribution in [2.24, 2.45) is 0 Å². The van der Waals surface area contributed by atoms with Crippen molar-refractivity contribution in [1.29, 1.82) is 0 Å². The average Bonchev–Trinajstić information content (AvgIpc) is 2.33. The number of carbonyl (C=O) groups is 3. The lowest BCUT2D eigenvalue weighted by molar-refractivity contribution is -0.132. The number of hydrogen-bond acceptors (Lipinski definition) is 5. The first-order chi connectivity index (χ1) is 8.13. The molecule has 1 aromatic rings. The normalized spacial score (nSPS) is 20.1. The Hall–Kier alpha value is -2.24. The van der Waals surface area contributed by atoms with Gasteiger partial charge in [0.25, 0.3) is 0 Å². The van der Waals surface area contributed by atoms with Gasteiger partial charge in [-0.2, -0.15) is 0 Å². The zero-order valence-corrected chi connectivity index (χ0v) is 9.21. The summed E-state index contributed by atoms with van der Waals surface area (Å²) in [5, 5.41) is 2.23. The standard InChI is InChI=1S/C11H11N3O3/c1-7-11(17)13-9(16)5-14(7)10-8(6-15)3-2-4-12-10/h2-4,6-7H,5H2,1H3,(H,13,16,17). The Bertz CT molecular complexity index is 487. The summed E-state index contributed by atoms with van der Waals surface area (Å²) in [6.07, 6.45) is 2.18. The minimum absolute atomic E-state index is 0.0186. The van der Waals surface area contributed by atoms with Crippen molar-refractivity contribution >= 4 is 23.9 Å². The van der Waals surface area contributed by atoms with E-state index >= 15 is 0 Å². The van der Waals surface area contributed by atoms with Crippen LogP contribution in [0.25, 0.3) is 0 Å². The van der Waals surface area contributed by atoms with Gasteiger partial charge in [0.2, 0.25) is 11.8 Å². The Morgan fingerprint density at radius 1 is 1.53 bits per heavy atom. The fourth-order valence-corrected chi connectivity index (χ4v) is 1.71. The molecule has 1 N–H and O–H groups in total. The van der Waals surface area contributed by atoms with Crippen molar-refractivity contribution in [3.8, 4) is 0 Å². The van der Waals surface area contributed by atoms with E-state index in [9.17, 15) is 14.4 Å². The maximum atomic E-state index is 11.5. The van der Waals surface area contributed by atoms with Crippen molar-refractivity contribution in [2.45, 2.75) is 13.0 Å². The van der Waals surface area contributed by atoms with E-state index in [0.717, 1.165) is 0 Å². The van der Waals surface area contributed by atoms with Gasteiger partial charge in [-0.25, -0.2) is 4.98 Å². The molecule has 1 aliphatic rings. The molecule has 6 nitrogen and oxygen atoms in total. The highest BCUT2D eigenvalue weighted by atomic mass is 16.2. The van der Waals surface area contributed by atoms with Crippen LogP contribution in [0.2, 0.25) is 0 Å². The van der Waals surface area contributed by atoms with E-state index in [-0.39, 0.29) is 12.5 Å². The Balaban J connectivity index is 2.40. The van der Waals surface area contributed by atoms with Crippen LogP contribution in [0, 0.1) is 0 Å². The molecule has 2 heterocycles. The largest absolute Gasteiger partial charge is 0.335 e. The lowest BCUT2D eigenvalue weighted by atomic mass is 10.1. The van der Waals surface area contributed by atoms with Crippen LogP contribution in [0.5, 0.6) is 0 Å². The summed E-state index contributed by atoms with van der Waals surface area (Å²) in [4.78, 5) is 39.3. The van der Waals surface area contributed by atoms with Gasteiger partial charge in [0.15, 0.2) is 6.29 Å². The van der Waals surface area contributed by atoms with Gasteiger partial charge >= 0.3 is 0 Å². The highest BCUT2D eigenvalue weighted by Crippen LogP contribution is 2.19. The number of piperazine rings is 1. The van der Waals surface area contributed by atoms with Gasteiger partial charge in [-0.3, -0.25) is 19.7 Å². The molecule has 1 fully saturated rings. The third-order valence-corrected chi connectivity index (χ3v) is 2.64. The van der Waals surface area contributed by atoms with Crippen molar-refractivity contribution in [1.82, 2.24) is 10.3 Å². The summed E-state index contributed by atoms with van der Waals surface area (Å²) in [5.74, 6) is -0.419. The number of aromatic nitrogens is 1. The molecule has 17 heavy (non-hydrogen) atoms. The second-order valence-corrected chi connectivity index (χ2v) is 3.75. The van der Waals surface area contributed by atoms with E-state index < -0.39 is 11.9 Å². The lowest BCUT2D eigenvalue weighted by Crippen LogP contribution is -2.57. The minimum Gasteiger partial charge on any atom is -0.335 e. The van der Waals surface area contributed by atoms with Gasteiger partial charge in [-0.15, -0.1) is 0 Å². The second-order valence-electron chi connectivity index (χ2n) is 3.75. The van der Waals surface area contributed by atoms with Crippen molar-refractivity contribution < 1.29 is 14.4 Å². The number of aldehydes is 1. The SMILES string of the molecule is CC1C(=O)NC(=O)CN1c1ncccc1C=O. The molecule has 0 radical (unpaired) electrons. The van der Waals surface area contributed by atoms with E-state index in [1.165, 1.54) is 11.1 Å². The van der Waals surface area contributed by atoms with Gasteiger partial charge in [0, 0.05) is 6.20 Å². The second kappa shape index (κ2) is 4.32. The Morgan fingerprint density at radius 2 is 2.29 bits per heavy atom. The molecular formula is C11H11N3O3. The van der Waals surface area contributed by atoms with Crippen molar-refractivity contribution in [2.75, 3.05) is 11.4 Å². The van der Waals surface area contributed by atoms with Gasteiger partial charge in [-0.1, -0.05) is 0 Å². The molecule has 1 aliphatic heterocycles. The Kier molecular flexibility index (Phi) is 2.86. The quantitative estimate of drug-likeness (QED) is 0.562. The van der Waals surface area contributed by atoms with Crippen LogP contribution in [-0.4, -0.2) is 35.7 Å². The molecule has 2 rings (SSSR count). The highest BCUT2D eigenvalue weighted by Gasteiger charge is 2.32. The molecule has 0 saturated carbocycles. The van der Waals surface area contributed by atoms with E-state index in [0.29, 0.717) is 17.7 Å². The molecule has 1 atom stereocenters. The van der Waals surface area contributed by atoms with Gasteiger partial charge in [-0.05, 0) is 19.1 Å². The topological polar surface area (TPSA) is 79.4 Å². The molecule has 6 heteroatoms. The van der Waals surface area contributed by atoms with Gasteiger partial charge in [0.1, 0.15) is 11.9 Å². The fourth-order valence-electron chi connectivity index (χ4n) is 1.71. The minimum atomic E-state index is -0.527. The van der Waals surface area contributed by atoms with Gasteiger partial charge < -0.3 is 4.90 Å². The molecule has 1 saturated heterocycles. The zero-order valence-electron chi connectivity index (χ0n) is 9.21. The van der Waals surface area contributed by atoms with Crippen LogP contribution in [0.15, 0.2) is 18.3 Å². The van der Waals surface area contributed by atoms with Crippen LogP contribution in [0.3, 0.4) is 0 Å². The smallest absolute Gasteiger partial charge is 0.249 e. The van der Waals surface area contributed by atoms with Crippen LogP contribution in [0.1, 0.15) is 17.3 Å². The first-order valence-electron chi connectivity index (χ1n) is 5.14. The molecule has 0 bridgehead atoms. The lowest BCUT2D eigenvalue weighted by Gasteiger charge is -2.33. The number of nitrogens with zero attached hydrogens (tertiary/aromatic N) is 2. The van der Waals surface area contributed by atoms with Crippen LogP contribution < -0.4 is 10.2 Å². The molecule has 1 unspecified atom stereocenters. The van der Waals surface area contributed by atoms with Crippen LogP contribution in [0.4, 0.5) is 5.82 Å². The Morgan fingerprint density at radius 3 is 3.00 bits per heavy atom. The first-order valence-corrected chi connectivity index (χ1v) is 5.14.